The van der Waals surface area contributed by atoms with E-state index in [1.807, 2.05) is 0 Å². The molecule has 17 heavy (non-hydrogen) atoms. The molecule has 1 aliphatic heterocycles. The molecule has 0 bridgehead atoms. The lowest BCUT2D eigenvalue weighted by atomic mass is 9.76. The highest BCUT2D eigenvalue weighted by Gasteiger charge is 2.32. The third-order valence-corrected chi connectivity index (χ3v) is 4.87. The van der Waals surface area contributed by atoms with Crippen molar-refractivity contribution in [2.75, 3.05) is 6.54 Å². The van der Waals surface area contributed by atoms with E-state index in [9.17, 15) is 0 Å². The zero-order chi connectivity index (χ0) is 11.2. The summed E-state index contributed by atoms with van der Waals surface area (Å²) in [4.78, 5) is 0. The average molecular weight is 227 g/mol. The third kappa shape index (κ3) is 1.63. The molecule has 4 rings (SSSR count). The van der Waals surface area contributed by atoms with Crippen molar-refractivity contribution in [3.05, 3.63) is 34.4 Å². The summed E-state index contributed by atoms with van der Waals surface area (Å²) in [6, 6.07) is 4.87. The van der Waals surface area contributed by atoms with Crippen LogP contribution in [-0.4, -0.2) is 6.54 Å². The zero-order valence-electron chi connectivity index (χ0n) is 10.5. The molecule has 1 aromatic carbocycles. The summed E-state index contributed by atoms with van der Waals surface area (Å²) >= 11 is 0. The Balaban J connectivity index is 1.89. The Kier molecular flexibility index (Phi) is 2.29. The van der Waals surface area contributed by atoms with Gasteiger partial charge in [0.1, 0.15) is 0 Å². The van der Waals surface area contributed by atoms with Gasteiger partial charge in [0.2, 0.25) is 0 Å². The van der Waals surface area contributed by atoms with Gasteiger partial charge in [-0.15, -0.1) is 0 Å². The van der Waals surface area contributed by atoms with E-state index < -0.39 is 0 Å². The maximum atomic E-state index is 3.59. The van der Waals surface area contributed by atoms with Crippen LogP contribution in [0.3, 0.4) is 0 Å². The molecule has 3 aliphatic rings. The molecule has 1 unspecified atom stereocenters. The lowest BCUT2D eigenvalue weighted by Crippen LogP contribution is -2.13. The summed E-state index contributed by atoms with van der Waals surface area (Å²) in [6.45, 7) is 2.31. The van der Waals surface area contributed by atoms with E-state index in [2.05, 4.69) is 17.4 Å². The first kappa shape index (κ1) is 10.1. The Bertz CT molecular complexity index is 445. The van der Waals surface area contributed by atoms with Crippen molar-refractivity contribution in [2.24, 2.45) is 0 Å². The predicted molar refractivity (Wildman–Crippen MR) is 70.4 cm³/mol. The third-order valence-electron chi connectivity index (χ3n) is 4.87. The summed E-state index contributed by atoms with van der Waals surface area (Å²) in [7, 11) is 0. The Morgan fingerprint density at radius 3 is 2.82 bits per heavy atom. The molecular formula is C16H21N. The van der Waals surface area contributed by atoms with Crippen LogP contribution in [0, 0.1) is 0 Å². The molecule has 1 fully saturated rings. The molecule has 1 aromatic rings. The highest BCUT2D eigenvalue weighted by Crippen LogP contribution is 2.47. The Morgan fingerprint density at radius 2 is 1.94 bits per heavy atom. The molecule has 1 atom stereocenters. The minimum absolute atomic E-state index is 0.863. The van der Waals surface area contributed by atoms with E-state index in [0.717, 1.165) is 18.4 Å². The monoisotopic (exact) mass is 227 g/mol. The fraction of sp³-hybridized carbons (Fsp3) is 0.625. The molecule has 0 radical (unpaired) electrons. The smallest absolute Gasteiger partial charge is 0.0208 e. The van der Waals surface area contributed by atoms with Gasteiger partial charge >= 0.3 is 0 Å². The normalized spacial score (nSPS) is 27.4. The number of hydrogen-bond acceptors (Lipinski definition) is 1. The van der Waals surface area contributed by atoms with Crippen molar-refractivity contribution in [3.8, 4) is 0 Å². The highest BCUT2D eigenvalue weighted by molar-refractivity contribution is 5.48. The molecule has 1 heteroatoms. The Hall–Kier alpha value is -0.820. The van der Waals surface area contributed by atoms with Crippen molar-refractivity contribution in [1.29, 1.82) is 0 Å². The van der Waals surface area contributed by atoms with E-state index in [1.165, 1.54) is 45.1 Å². The minimum Gasteiger partial charge on any atom is -0.313 e. The van der Waals surface area contributed by atoms with Crippen LogP contribution in [0.5, 0.6) is 0 Å². The van der Waals surface area contributed by atoms with Crippen molar-refractivity contribution in [2.45, 2.75) is 56.9 Å². The van der Waals surface area contributed by atoms with Gasteiger partial charge in [0.25, 0.3) is 0 Å². The number of rotatable bonds is 1. The highest BCUT2D eigenvalue weighted by atomic mass is 14.9. The first-order valence-electron chi connectivity index (χ1n) is 7.29. The van der Waals surface area contributed by atoms with Gasteiger partial charge in [-0.05, 0) is 79.2 Å². The van der Waals surface area contributed by atoms with Gasteiger partial charge in [0, 0.05) is 6.54 Å². The number of nitrogens with one attached hydrogen (secondary N) is 1. The molecule has 0 amide bonds. The molecule has 2 aliphatic carbocycles. The molecule has 1 heterocycles. The molecule has 0 spiro atoms. The second kappa shape index (κ2) is 3.84. The molecule has 1 N–H and O–H groups in total. The largest absolute Gasteiger partial charge is 0.313 e. The van der Waals surface area contributed by atoms with Crippen LogP contribution < -0.4 is 5.32 Å². The van der Waals surface area contributed by atoms with Crippen molar-refractivity contribution >= 4 is 0 Å². The summed E-state index contributed by atoms with van der Waals surface area (Å²) in [6.07, 6.45) is 8.43. The predicted octanol–water partition coefficient (Wildman–Crippen LogP) is 3.48. The lowest BCUT2D eigenvalue weighted by Gasteiger charge is -2.28. The van der Waals surface area contributed by atoms with Gasteiger partial charge in [-0.3, -0.25) is 0 Å². The average Bonchev–Trinajstić information content (AvgIpc) is 3.18. The van der Waals surface area contributed by atoms with Gasteiger partial charge in [0.15, 0.2) is 0 Å². The molecule has 1 saturated carbocycles. The molecule has 1 nitrogen and oxygen atoms in total. The van der Waals surface area contributed by atoms with Crippen LogP contribution in [0.4, 0.5) is 0 Å². The van der Waals surface area contributed by atoms with E-state index in [-0.39, 0.29) is 0 Å². The Morgan fingerprint density at radius 1 is 1.00 bits per heavy atom. The maximum Gasteiger partial charge on any atom is 0.0208 e. The molecule has 90 valence electrons. The van der Waals surface area contributed by atoms with Crippen LogP contribution in [0.1, 0.15) is 66.2 Å². The summed E-state index contributed by atoms with van der Waals surface area (Å²) in [5.41, 5.74) is 6.86. The second-order valence-corrected chi connectivity index (χ2v) is 6.04. The van der Waals surface area contributed by atoms with Gasteiger partial charge in [-0.25, -0.2) is 0 Å². The van der Waals surface area contributed by atoms with Crippen molar-refractivity contribution in [3.63, 3.8) is 0 Å². The number of hydrogen-bond donors (Lipinski definition) is 1. The molecule has 0 saturated heterocycles. The maximum absolute atomic E-state index is 3.59. The van der Waals surface area contributed by atoms with E-state index in [0.29, 0.717) is 0 Å². The van der Waals surface area contributed by atoms with Crippen molar-refractivity contribution < 1.29 is 0 Å². The van der Waals surface area contributed by atoms with E-state index in [1.54, 1.807) is 22.3 Å². The first-order chi connectivity index (χ1) is 8.43. The molecular weight excluding hydrogens is 206 g/mol. The fourth-order valence-electron chi connectivity index (χ4n) is 3.91. The summed E-state index contributed by atoms with van der Waals surface area (Å²) < 4.78 is 0. The van der Waals surface area contributed by atoms with E-state index in [4.69, 9.17) is 0 Å². The Labute approximate surface area is 104 Å². The van der Waals surface area contributed by atoms with E-state index >= 15 is 0 Å². The standard InChI is InChI=1S/C16H21N/c1-2-12-8-9-17-10-13-6-7-14(11-4-5-11)15(3-1)16(12)13/h6-7,11-12,17H,1-5,8-10H2. The van der Waals surface area contributed by atoms with Crippen LogP contribution in [0.25, 0.3) is 0 Å². The fourth-order valence-corrected chi connectivity index (χ4v) is 3.91. The number of benzene rings is 1. The van der Waals surface area contributed by atoms with Gasteiger partial charge in [-0.1, -0.05) is 12.1 Å². The first-order valence-corrected chi connectivity index (χ1v) is 7.29. The minimum atomic E-state index is 0.863. The SMILES string of the molecule is c1cc(C2CC2)c2c3c1CNCCC3CCC2. The molecule has 0 aromatic heterocycles. The van der Waals surface area contributed by atoms with Gasteiger partial charge in [0.05, 0.1) is 0 Å². The quantitative estimate of drug-likeness (QED) is 0.774. The van der Waals surface area contributed by atoms with Gasteiger partial charge in [-0.2, -0.15) is 0 Å². The van der Waals surface area contributed by atoms with Crippen LogP contribution in [0.15, 0.2) is 12.1 Å². The zero-order valence-corrected chi connectivity index (χ0v) is 10.5. The topological polar surface area (TPSA) is 12.0 Å². The van der Waals surface area contributed by atoms with Crippen LogP contribution >= 0.6 is 0 Å². The van der Waals surface area contributed by atoms with Crippen LogP contribution in [-0.2, 0) is 13.0 Å². The lowest BCUT2D eigenvalue weighted by molar-refractivity contribution is 0.516. The second-order valence-electron chi connectivity index (χ2n) is 6.04. The summed E-state index contributed by atoms with van der Waals surface area (Å²) in [5, 5.41) is 3.59. The van der Waals surface area contributed by atoms with Crippen molar-refractivity contribution in [1.82, 2.24) is 5.32 Å². The van der Waals surface area contributed by atoms with Gasteiger partial charge < -0.3 is 5.32 Å². The van der Waals surface area contributed by atoms with Crippen LogP contribution in [0.2, 0.25) is 0 Å². The summed E-state index contributed by atoms with van der Waals surface area (Å²) in [5.74, 6) is 1.78.